The first-order chi connectivity index (χ1) is 12.7. The average molecular weight is 407 g/mol. The zero-order chi connectivity index (χ0) is 19.8. The lowest BCUT2D eigenvalue weighted by Gasteiger charge is -2.08. The second-order valence-electron chi connectivity index (χ2n) is 5.75. The molecule has 0 amide bonds. The summed E-state index contributed by atoms with van der Waals surface area (Å²) in [5.41, 5.74) is 5.29. The number of aromatic amines is 1. The molecule has 4 N–H and O–H groups in total. The number of benzene rings is 1. The number of allylic oxidation sites excluding steroid dienone is 2. The summed E-state index contributed by atoms with van der Waals surface area (Å²) < 4.78 is 26.1. The highest BCUT2D eigenvalue weighted by Gasteiger charge is 2.21. The highest BCUT2D eigenvalue weighted by molar-refractivity contribution is 7.91. The Balaban J connectivity index is 2.03. The number of halogens is 1. The number of rotatable bonds is 5. The van der Waals surface area contributed by atoms with Gasteiger partial charge in [0.1, 0.15) is 0 Å². The zero-order valence-electron chi connectivity index (χ0n) is 14.1. The van der Waals surface area contributed by atoms with E-state index in [9.17, 15) is 13.2 Å². The van der Waals surface area contributed by atoms with Gasteiger partial charge in [0.15, 0.2) is 5.03 Å². The van der Waals surface area contributed by atoms with Crippen LogP contribution in [0.2, 0.25) is 0 Å². The summed E-state index contributed by atoms with van der Waals surface area (Å²) in [7, 11) is -3.80. The van der Waals surface area contributed by atoms with E-state index in [0.29, 0.717) is 5.39 Å². The smallest absolute Gasteiger partial charge is 0.274 e. The predicted octanol–water partition coefficient (Wildman–Crippen LogP) is 1.40. The number of nitrogens with zero attached hydrogens (tertiary/aromatic N) is 3. The molecule has 0 aliphatic rings. The lowest BCUT2D eigenvalue weighted by molar-refractivity contribution is 0.592. The summed E-state index contributed by atoms with van der Waals surface area (Å²) in [6.07, 6.45) is 2.77. The van der Waals surface area contributed by atoms with Gasteiger partial charge in [-0.2, -0.15) is 10.2 Å². The predicted molar refractivity (Wildman–Crippen MR) is 101 cm³/mol. The maximum Gasteiger partial charge on any atom is 0.274 e. The van der Waals surface area contributed by atoms with E-state index in [1.165, 1.54) is 36.7 Å². The van der Waals surface area contributed by atoms with Crippen LogP contribution in [-0.4, -0.2) is 34.1 Å². The van der Waals surface area contributed by atoms with Crippen LogP contribution in [-0.2, 0) is 16.4 Å². The molecule has 11 heteroatoms. The van der Waals surface area contributed by atoms with Crippen molar-refractivity contribution in [3.63, 3.8) is 0 Å². The Labute approximate surface area is 158 Å². The van der Waals surface area contributed by atoms with Crippen molar-refractivity contribution in [2.45, 2.75) is 23.4 Å². The van der Waals surface area contributed by atoms with Gasteiger partial charge in [0.05, 0.1) is 33.8 Å². The molecule has 2 heterocycles. The van der Waals surface area contributed by atoms with E-state index in [2.05, 4.69) is 15.3 Å². The van der Waals surface area contributed by atoms with Crippen LogP contribution in [0.5, 0.6) is 0 Å². The van der Waals surface area contributed by atoms with Gasteiger partial charge in [0.25, 0.3) is 5.56 Å². The van der Waals surface area contributed by atoms with Crippen molar-refractivity contribution in [1.29, 1.82) is 5.41 Å². The number of aromatic nitrogens is 4. The minimum atomic E-state index is -3.80. The van der Waals surface area contributed by atoms with Crippen LogP contribution in [0.1, 0.15) is 6.92 Å². The Morgan fingerprint density at radius 2 is 2.11 bits per heavy atom. The summed E-state index contributed by atoms with van der Waals surface area (Å²) in [6, 6.07) is 5.45. The second kappa shape index (κ2) is 6.97. The molecule has 140 valence electrons. The van der Waals surface area contributed by atoms with E-state index < -0.39 is 15.4 Å². The van der Waals surface area contributed by atoms with E-state index in [0.717, 1.165) is 4.68 Å². The number of sulfone groups is 1. The van der Waals surface area contributed by atoms with Gasteiger partial charge >= 0.3 is 0 Å². The maximum atomic E-state index is 12.6. The largest absolute Gasteiger partial charge is 0.401 e. The van der Waals surface area contributed by atoms with Crippen LogP contribution in [0.3, 0.4) is 0 Å². The lowest BCUT2D eigenvalue weighted by atomic mass is 10.2. The van der Waals surface area contributed by atoms with Gasteiger partial charge in [0, 0.05) is 17.3 Å². The molecule has 3 rings (SSSR count). The third-order valence-electron chi connectivity index (χ3n) is 3.80. The Kier molecular flexibility index (Phi) is 4.85. The fourth-order valence-electron chi connectivity index (χ4n) is 2.42. The highest BCUT2D eigenvalue weighted by atomic mass is 35.5. The molecule has 0 aliphatic heterocycles. The van der Waals surface area contributed by atoms with Crippen LogP contribution >= 0.6 is 11.6 Å². The number of nitrogens with two attached hydrogens (primary N) is 1. The zero-order valence-corrected chi connectivity index (χ0v) is 15.7. The molecule has 0 atom stereocenters. The summed E-state index contributed by atoms with van der Waals surface area (Å²) in [5.74, 6) is 0. The van der Waals surface area contributed by atoms with E-state index in [-0.39, 0.29) is 38.3 Å². The van der Waals surface area contributed by atoms with Crippen LogP contribution < -0.4 is 11.3 Å². The van der Waals surface area contributed by atoms with Gasteiger partial charge < -0.3 is 11.1 Å². The quantitative estimate of drug-likeness (QED) is 0.545. The molecule has 0 saturated carbocycles. The molecule has 0 bridgehead atoms. The standard InChI is InChI=1S/C16H15ClN6O3S/c1-9(18)15(17)13(19)8-23-16(24)12-3-2-11(6-10(12)7-21-23)27(25,26)14-4-5-20-22-14/h2-7,19H,8,18H2,1H3,(H,20,22)/b15-9+,19-13?. The molecule has 0 radical (unpaired) electrons. The first-order valence-electron chi connectivity index (χ1n) is 7.66. The van der Waals surface area contributed by atoms with Crippen molar-refractivity contribution < 1.29 is 8.42 Å². The van der Waals surface area contributed by atoms with Crippen molar-refractivity contribution in [3.05, 3.63) is 57.7 Å². The molecule has 0 unspecified atom stereocenters. The topological polar surface area (TPSA) is 148 Å². The van der Waals surface area contributed by atoms with Crippen molar-refractivity contribution >= 4 is 37.9 Å². The number of hydrogen-bond donors (Lipinski definition) is 3. The summed E-state index contributed by atoms with van der Waals surface area (Å²) in [6.45, 7) is 1.39. The van der Waals surface area contributed by atoms with Gasteiger partial charge in [-0.3, -0.25) is 9.89 Å². The molecule has 0 saturated heterocycles. The molecule has 27 heavy (non-hydrogen) atoms. The fourth-order valence-corrected chi connectivity index (χ4v) is 3.67. The molecule has 0 spiro atoms. The molecule has 9 nitrogen and oxygen atoms in total. The maximum absolute atomic E-state index is 12.6. The van der Waals surface area contributed by atoms with Gasteiger partial charge in [-0.25, -0.2) is 13.1 Å². The van der Waals surface area contributed by atoms with Crippen LogP contribution in [0.15, 0.2) is 62.1 Å². The molecule has 0 aliphatic carbocycles. The Morgan fingerprint density at radius 1 is 1.37 bits per heavy atom. The van der Waals surface area contributed by atoms with Gasteiger partial charge in [-0.05, 0) is 31.2 Å². The minimum Gasteiger partial charge on any atom is -0.401 e. The first-order valence-corrected chi connectivity index (χ1v) is 9.52. The average Bonchev–Trinajstić information content (AvgIpc) is 3.18. The van der Waals surface area contributed by atoms with E-state index in [1.54, 1.807) is 6.92 Å². The fraction of sp³-hybridized carbons (Fsp3) is 0.125. The Bertz CT molecular complexity index is 1220. The van der Waals surface area contributed by atoms with Crippen LogP contribution in [0.4, 0.5) is 0 Å². The number of hydrogen-bond acceptors (Lipinski definition) is 7. The van der Waals surface area contributed by atoms with Crippen molar-refractivity contribution in [2.75, 3.05) is 0 Å². The van der Waals surface area contributed by atoms with Crippen molar-refractivity contribution in [2.24, 2.45) is 5.73 Å². The molecule has 2 aromatic heterocycles. The summed E-state index contributed by atoms with van der Waals surface area (Å²) in [5, 5.41) is 18.6. The third kappa shape index (κ3) is 3.49. The van der Waals surface area contributed by atoms with E-state index >= 15 is 0 Å². The van der Waals surface area contributed by atoms with E-state index in [1.807, 2.05) is 0 Å². The Hall–Kier alpha value is -2.98. The minimum absolute atomic E-state index is 0.00136. The molecule has 1 aromatic carbocycles. The highest BCUT2D eigenvalue weighted by Crippen LogP contribution is 2.21. The van der Waals surface area contributed by atoms with Gasteiger partial charge in [-0.1, -0.05) is 11.6 Å². The monoisotopic (exact) mass is 406 g/mol. The van der Waals surface area contributed by atoms with E-state index in [4.69, 9.17) is 22.7 Å². The first kappa shape index (κ1) is 18.8. The summed E-state index contributed by atoms with van der Waals surface area (Å²) in [4.78, 5) is 12.6. The van der Waals surface area contributed by atoms with Crippen molar-refractivity contribution in [3.8, 4) is 0 Å². The molecular formula is C16H15ClN6O3S. The third-order valence-corrected chi connectivity index (χ3v) is 5.98. The Morgan fingerprint density at radius 3 is 2.74 bits per heavy atom. The molecule has 0 fully saturated rings. The van der Waals surface area contributed by atoms with Gasteiger partial charge in [0.2, 0.25) is 9.84 Å². The molecular weight excluding hydrogens is 392 g/mol. The second-order valence-corrected chi connectivity index (χ2v) is 8.02. The van der Waals surface area contributed by atoms with Gasteiger partial charge in [-0.15, -0.1) is 0 Å². The number of nitrogens with one attached hydrogen (secondary N) is 2. The van der Waals surface area contributed by atoms with Crippen LogP contribution in [0.25, 0.3) is 10.8 Å². The summed E-state index contributed by atoms with van der Waals surface area (Å²) >= 11 is 5.92. The van der Waals surface area contributed by atoms with Crippen LogP contribution in [0, 0.1) is 5.41 Å². The van der Waals surface area contributed by atoms with Crippen molar-refractivity contribution in [1.82, 2.24) is 20.0 Å². The molecule has 3 aromatic rings. The lowest BCUT2D eigenvalue weighted by Crippen LogP contribution is -2.27. The SMILES string of the molecule is C/C(N)=C(\Cl)C(=N)Cn1ncc2cc(S(=O)(=O)c3cc[nH]n3)ccc2c1=O. The number of fused-ring (bicyclic) bond motifs is 1. The number of H-pyrrole nitrogens is 1. The normalized spacial score (nSPS) is 12.8.